The second-order valence-electron chi connectivity index (χ2n) is 8.28. The summed E-state index contributed by atoms with van der Waals surface area (Å²) in [5.74, 6) is -0.976. The number of rotatable bonds is 6. The largest absolute Gasteiger partial charge is 0.326 e. The minimum Gasteiger partial charge on any atom is -0.326 e. The first kappa shape index (κ1) is 23.6. The van der Waals surface area contributed by atoms with Crippen molar-refractivity contribution in [1.82, 2.24) is 8.87 Å². The van der Waals surface area contributed by atoms with Gasteiger partial charge in [0.25, 0.3) is 0 Å². The van der Waals surface area contributed by atoms with Gasteiger partial charge in [0.1, 0.15) is 5.82 Å². The molecule has 0 atom stereocenters. The lowest BCUT2D eigenvalue weighted by Crippen LogP contribution is -2.41. The second kappa shape index (κ2) is 9.36. The van der Waals surface area contributed by atoms with Crippen LogP contribution in [0.25, 0.3) is 10.2 Å². The number of amides is 1. The second-order valence-corrected chi connectivity index (χ2v) is 11.2. The minimum absolute atomic E-state index is 0.0957. The fourth-order valence-corrected chi connectivity index (χ4v) is 6.59. The number of fused-ring (bicyclic) bond motifs is 1. The van der Waals surface area contributed by atoms with E-state index in [2.05, 4.69) is 5.32 Å². The summed E-state index contributed by atoms with van der Waals surface area (Å²) >= 11 is 1.05. The monoisotopic (exact) mass is 491 g/mol. The molecular weight excluding hydrogens is 465 g/mol. The van der Waals surface area contributed by atoms with Crippen LogP contribution in [0.3, 0.4) is 0 Å². The molecule has 0 saturated carbocycles. The van der Waals surface area contributed by atoms with E-state index in [-0.39, 0.29) is 40.5 Å². The number of nitrogens with one attached hydrogen (secondary N) is 1. The first-order valence-corrected chi connectivity index (χ1v) is 13.2. The molecule has 2 aromatic carbocycles. The zero-order valence-electron chi connectivity index (χ0n) is 18.5. The van der Waals surface area contributed by atoms with Crippen LogP contribution in [0, 0.1) is 18.7 Å². The molecule has 0 unspecified atom stereocenters. The van der Waals surface area contributed by atoms with Gasteiger partial charge < -0.3 is 5.32 Å². The van der Waals surface area contributed by atoms with Gasteiger partial charge in [0.15, 0.2) is 0 Å². The third-order valence-electron chi connectivity index (χ3n) is 5.99. The molecule has 0 radical (unpaired) electrons. The van der Waals surface area contributed by atoms with E-state index >= 15 is 0 Å². The Morgan fingerprint density at radius 2 is 1.91 bits per heavy atom. The molecule has 0 bridgehead atoms. The van der Waals surface area contributed by atoms with E-state index in [0.717, 1.165) is 23.3 Å². The number of halogens is 1. The average molecular weight is 492 g/mol. The van der Waals surface area contributed by atoms with Crippen LogP contribution in [0.15, 0.2) is 46.1 Å². The Labute approximate surface area is 195 Å². The summed E-state index contributed by atoms with van der Waals surface area (Å²) in [7, 11) is -3.74. The number of carbonyl (C=O) groups excluding carboxylic acids is 1. The number of nitrogens with zero attached hydrogens (tertiary/aromatic N) is 2. The van der Waals surface area contributed by atoms with Gasteiger partial charge in [-0.05, 0) is 62.1 Å². The van der Waals surface area contributed by atoms with Gasteiger partial charge >= 0.3 is 4.87 Å². The first-order valence-electron chi connectivity index (χ1n) is 10.9. The number of sulfonamides is 1. The van der Waals surface area contributed by atoms with Crippen LogP contribution in [0.1, 0.15) is 31.7 Å². The Hall–Kier alpha value is -2.56. The fraction of sp³-hybridized carbons (Fsp3) is 0.391. The number of aryl methyl sites for hydroxylation is 2. The van der Waals surface area contributed by atoms with Crippen molar-refractivity contribution in [2.24, 2.45) is 5.92 Å². The number of hydrogen-bond donors (Lipinski definition) is 1. The summed E-state index contributed by atoms with van der Waals surface area (Å²) in [5, 5.41) is 2.73. The molecule has 0 aliphatic carbocycles. The molecule has 10 heteroatoms. The standard InChI is InChI=1S/C23H26FN3O4S2/c1-3-10-27-20-7-6-18(14-21(20)32-23(27)29)33(30,31)26-11-8-16(9-12-26)22(28)25-17-5-4-15(2)19(24)13-17/h4-7,13-14,16H,3,8-12H2,1-2H3,(H,25,28). The molecule has 1 saturated heterocycles. The van der Waals surface area contributed by atoms with E-state index in [4.69, 9.17) is 0 Å². The van der Waals surface area contributed by atoms with E-state index < -0.39 is 10.0 Å². The molecule has 1 aliphatic heterocycles. The van der Waals surface area contributed by atoms with Gasteiger partial charge in [0.05, 0.1) is 15.1 Å². The maximum atomic E-state index is 13.7. The SMILES string of the molecule is CCCn1c(=O)sc2cc(S(=O)(=O)N3CCC(C(=O)Nc4ccc(C)c(F)c4)CC3)ccc21. The van der Waals surface area contributed by atoms with Crippen molar-refractivity contribution in [1.29, 1.82) is 0 Å². The van der Waals surface area contributed by atoms with Crippen molar-refractivity contribution in [3.63, 3.8) is 0 Å². The average Bonchev–Trinajstić information content (AvgIpc) is 3.11. The summed E-state index contributed by atoms with van der Waals surface area (Å²) in [5.41, 5.74) is 1.63. The van der Waals surface area contributed by atoms with Crippen LogP contribution in [-0.4, -0.2) is 36.3 Å². The number of piperidine rings is 1. The van der Waals surface area contributed by atoms with Crippen LogP contribution in [0.2, 0.25) is 0 Å². The summed E-state index contributed by atoms with van der Waals surface area (Å²) < 4.78 is 43.8. The summed E-state index contributed by atoms with van der Waals surface area (Å²) in [6.45, 7) is 4.66. The number of aromatic nitrogens is 1. The predicted molar refractivity (Wildman–Crippen MR) is 128 cm³/mol. The zero-order chi connectivity index (χ0) is 23.8. The number of hydrogen-bond acceptors (Lipinski definition) is 5. The Kier molecular flexibility index (Phi) is 6.69. The molecule has 1 aliphatic rings. The quantitative estimate of drug-likeness (QED) is 0.565. The first-order chi connectivity index (χ1) is 15.7. The molecular formula is C23H26FN3O4S2. The molecule has 7 nitrogen and oxygen atoms in total. The molecule has 176 valence electrons. The zero-order valence-corrected chi connectivity index (χ0v) is 20.1. The third kappa shape index (κ3) is 4.73. The molecule has 33 heavy (non-hydrogen) atoms. The highest BCUT2D eigenvalue weighted by atomic mass is 32.2. The number of benzene rings is 2. The summed E-state index contributed by atoms with van der Waals surface area (Å²) in [6.07, 6.45) is 1.57. The van der Waals surface area contributed by atoms with Gasteiger partial charge in [-0.15, -0.1) is 0 Å². The maximum Gasteiger partial charge on any atom is 0.308 e. The Bertz CT molecular complexity index is 1360. The van der Waals surface area contributed by atoms with Crippen molar-refractivity contribution >= 4 is 43.2 Å². The van der Waals surface area contributed by atoms with Crippen LogP contribution in [-0.2, 0) is 21.4 Å². The highest BCUT2D eigenvalue weighted by molar-refractivity contribution is 7.89. The third-order valence-corrected chi connectivity index (χ3v) is 8.83. The van der Waals surface area contributed by atoms with E-state index in [0.29, 0.717) is 35.3 Å². The molecule has 1 fully saturated rings. The number of carbonyl (C=O) groups is 1. The van der Waals surface area contributed by atoms with Crippen molar-refractivity contribution in [2.75, 3.05) is 18.4 Å². The minimum atomic E-state index is -3.74. The Morgan fingerprint density at radius 1 is 1.18 bits per heavy atom. The van der Waals surface area contributed by atoms with Gasteiger partial charge in [0, 0.05) is 31.2 Å². The van der Waals surface area contributed by atoms with Gasteiger partial charge in [-0.3, -0.25) is 14.2 Å². The smallest absolute Gasteiger partial charge is 0.308 e. The normalized spacial score (nSPS) is 15.7. The van der Waals surface area contributed by atoms with Gasteiger partial charge in [-0.1, -0.05) is 24.3 Å². The van der Waals surface area contributed by atoms with Crippen molar-refractivity contribution in [3.8, 4) is 0 Å². The van der Waals surface area contributed by atoms with E-state index in [1.165, 1.54) is 10.4 Å². The molecule has 2 heterocycles. The highest BCUT2D eigenvalue weighted by Gasteiger charge is 2.32. The van der Waals surface area contributed by atoms with Gasteiger partial charge in [0.2, 0.25) is 15.9 Å². The van der Waals surface area contributed by atoms with E-state index in [1.54, 1.807) is 41.8 Å². The molecule has 1 amide bonds. The number of anilines is 1. The fourth-order valence-electron chi connectivity index (χ4n) is 4.06. The Balaban J connectivity index is 1.44. The predicted octanol–water partition coefficient (Wildman–Crippen LogP) is 3.96. The highest BCUT2D eigenvalue weighted by Crippen LogP contribution is 2.28. The lowest BCUT2D eigenvalue weighted by molar-refractivity contribution is -0.120. The van der Waals surface area contributed by atoms with Crippen molar-refractivity contribution < 1.29 is 17.6 Å². The van der Waals surface area contributed by atoms with Crippen LogP contribution >= 0.6 is 11.3 Å². The van der Waals surface area contributed by atoms with E-state index in [9.17, 15) is 22.4 Å². The van der Waals surface area contributed by atoms with Crippen LogP contribution in [0.4, 0.5) is 10.1 Å². The summed E-state index contributed by atoms with van der Waals surface area (Å²) in [4.78, 5) is 24.9. The van der Waals surface area contributed by atoms with Gasteiger partial charge in [-0.25, -0.2) is 12.8 Å². The topological polar surface area (TPSA) is 88.5 Å². The summed E-state index contributed by atoms with van der Waals surface area (Å²) in [6, 6.07) is 9.33. The lowest BCUT2D eigenvalue weighted by atomic mass is 9.97. The van der Waals surface area contributed by atoms with Crippen molar-refractivity contribution in [2.45, 2.75) is 44.6 Å². The van der Waals surface area contributed by atoms with E-state index in [1.807, 2.05) is 6.92 Å². The van der Waals surface area contributed by atoms with Crippen LogP contribution < -0.4 is 10.2 Å². The molecule has 0 spiro atoms. The van der Waals surface area contributed by atoms with Gasteiger partial charge in [-0.2, -0.15) is 4.31 Å². The molecule has 4 rings (SSSR count). The van der Waals surface area contributed by atoms with Crippen molar-refractivity contribution in [3.05, 3.63) is 57.4 Å². The Morgan fingerprint density at radius 3 is 2.58 bits per heavy atom. The van der Waals surface area contributed by atoms with Crippen LogP contribution in [0.5, 0.6) is 0 Å². The molecule has 1 aromatic heterocycles. The molecule has 3 aromatic rings. The maximum absolute atomic E-state index is 13.7. The number of thiazole rings is 1. The molecule has 1 N–H and O–H groups in total. The lowest BCUT2D eigenvalue weighted by Gasteiger charge is -2.30.